The molecule has 2 aromatic carbocycles. The highest BCUT2D eigenvalue weighted by molar-refractivity contribution is 6.09. The zero-order valence-electron chi connectivity index (χ0n) is 27.8. The van der Waals surface area contributed by atoms with Crippen molar-refractivity contribution in [2.45, 2.75) is 52.8 Å². The normalized spacial score (nSPS) is 14.0. The number of halogens is 2. The second kappa shape index (κ2) is 13.6. The molecule has 1 aliphatic rings. The lowest BCUT2D eigenvalue weighted by molar-refractivity contribution is 0.0171. The number of hydrogen-bond acceptors (Lipinski definition) is 8. The third-order valence-electron chi connectivity index (χ3n) is 7.94. The summed E-state index contributed by atoms with van der Waals surface area (Å²) >= 11 is 0. The number of likely N-dealkylation sites (N-methyl/N-ethyl adjacent to an activating group) is 1. The average Bonchev–Trinajstić information content (AvgIpc) is 3.37. The lowest BCUT2D eigenvalue weighted by Crippen LogP contribution is -2.44. The van der Waals surface area contributed by atoms with Crippen LogP contribution in [0.2, 0.25) is 0 Å². The molecule has 12 nitrogen and oxygen atoms in total. The summed E-state index contributed by atoms with van der Waals surface area (Å²) in [6, 6.07) is 10.2. The van der Waals surface area contributed by atoms with Crippen molar-refractivity contribution in [3.63, 3.8) is 0 Å². The van der Waals surface area contributed by atoms with Crippen molar-refractivity contribution in [3.05, 3.63) is 71.4 Å². The van der Waals surface area contributed by atoms with Gasteiger partial charge in [-0.25, -0.2) is 18.4 Å². The van der Waals surface area contributed by atoms with E-state index >= 15 is 8.78 Å². The van der Waals surface area contributed by atoms with E-state index in [1.807, 2.05) is 12.1 Å². The molecule has 4 aromatic rings. The van der Waals surface area contributed by atoms with Gasteiger partial charge in [-0.3, -0.25) is 9.78 Å². The molecule has 2 N–H and O–H groups in total. The summed E-state index contributed by atoms with van der Waals surface area (Å²) in [5, 5.41) is 16.5. The number of pyridine rings is 1. The molecule has 48 heavy (non-hydrogen) atoms. The number of nitrogens with zero attached hydrogens (tertiary/aromatic N) is 6. The maximum atomic E-state index is 15.6. The highest BCUT2D eigenvalue weighted by Crippen LogP contribution is 2.32. The van der Waals surface area contributed by atoms with Crippen LogP contribution in [-0.4, -0.2) is 92.6 Å². The molecule has 1 aliphatic heterocycles. The van der Waals surface area contributed by atoms with E-state index < -0.39 is 40.9 Å². The Labute approximate surface area is 276 Å². The van der Waals surface area contributed by atoms with E-state index in [4.69, 9.17) is 4.74 Å². The minimum Gasteiger partial charge on any atom is -0.463 e. The standard InChI is InChI=1S/C34H39F2N7O5/c1-20(2)42(33(47)48-34(3,4)5)19-21-15-25(35)29(26(36)16-21)27-17-24-28(18-37-27)43(32(45)46)39-30(24)38-31(44)22-7-9-23(10-8-22)41-13-11-40(6)12-14-41/h7-10,15-18,20H,11-14,19H2,1-6H3,(H,45,46)(H,38,39,44). The van der Waals surface area contributed by atoms with Gasteiger partial charge in [-0.2, -0.15) is 4.68 Å². The molecule has 2 aromatic heterocycles. The van der Waals surface area contributed by atoms with Crippen molar-refractivity contribution in [2.75, 3.05) is 43.4 Å². The van der Waals surface area contributed by atoms with Gasteiger partial charge in [0.2, 0.25) is 0 Å². The highest BCUT2D eigenvalue weighted by Gasteiger charge is 2.26. The van der Waals surface area contributed by atoms with Crippen LogP contribution in [0.1, 0.15) is 50.5 Å². The van der Waals surface area contributed by atoms with Gasteiger partial charge in [-0.15, -0.1) is 5.10 Å². The molecule has 5 rings (SSSR count). The SMILES string of the molecule is CC(C)N(Cc1cc(F)c(-c2cc3c(NC(=O)c4ccc(N5CCN(C)CC5)cc4)nn(C(=O)O)c3cn2)c(F)c1)C(=O)OC(C)(C)C. The van der Waals surface area contributed by atoms with Crippen molar-refractivity contribution in [1.29, 1.82) is 0 Å². The van der Waals surface area contributed by atoms with E-state index in [2.05, 4.69) is 32.2 Å². The monoisotopic (exact) mass is 663 g/mol. The van der Waals surface area contributed by atoms with E-state index in [1.165, 1.54) is 11.0 Å². The Bertz CT molecular complexity index is 1820. The van der Waals surface area contributed by atoms with Crippen LogP contribution in [0.25, 0.3) is 22.2 Å². The molecule has 0 spiro atoms. The first-order valence-electron chi connectivity index (χ1n) is 15.6. The van der Waals surface area contributed by atoms with Crippen LogP contribution in [0.15, 0.2) is 48.7 Å². The number of hydrogen-bond donors (Lipinski definition) is 2. The Morgan fingerprint density at radius 1 is 1.02 bits per heavy atom. The molecule has 254 valence electrons. The van der Waals surface area contributed by atoms with E-state index in [0.29, 0.717) is 10.2 Å². The van der Waals surface area contributed by atoms with Crippen molar-refractivity contribution in [3.8, 4) is 11.3 Å². The maximum absolute atomic E-state index is 15.6. The first kappa shape index (κ1) is 34.2. The summed E-state index contributed by atoms with van der Waals surface area (Å²) in [4.78, 5) is 47.9. The quantitative estimate of drug-likeness (QED) is 0.242. The first-order valence-corrected chi connectivity index (χ1v) is 15.6. The zero-order chi connectivity index (χ0) is 34.9. The predicted molar refractivity (Wildman–Crippen MR) is 177 cm³/mol. The molecule has 3 heterocycles. The summed E-state index contributed by atoms with van der Waals surface area (Å²) in [7, 11) is 2.07. The Balaban J connectivity index is 1.42. The summed E-state index contributed by atoms with van der Waals surface area (Å²) in [5.41, 5.74) is 0.135. The largest absolute Gasteiger partial charge is 0.463 e. The van der Waals surface area contributed by atoms with E-state index in [0.717, 1.165) is 50.2 Å². The Morgan fingerprint density at radius 3 is 2.21 bits per heavy atom. The smallest absolute Gasteiger partial charge is 0.432 e. The molecule has 0 radical (unpaired) electrons. The fourth-order valence-electron chi connectivity index (χ4n) is 5.39. The van der Waals surface area contributed by atoms with Gasteiger partial charge in [0.15, 0.2) is 5.82 Å². The highest BCUT2D eigenvalue weighted by atomic mass is 19.1. The number of fused-ring (bicyclic) bond motifs is 1. The van der Waals surface area contributed by atoms with Gasteiger partial charge in [-0.05, 0) is 89.7 Å². The molecule has 1 fully saturated rings. The second-order valence-electron chi connectivity index (χ2n) is 13.1. The molecule has 0 atom stereocenters. The lowest BCUT2D eigenvalue weighted by Gasteiger charge is -2.34. The number of amides is 2. The van der Waals surface area contributed by atoms with Crippen LogP contribution in [0, 0.1) is 11.6 Å². The van der Waals surface area contributed by atoms with Crippen LogP contribution in [-0.2, 0) is 11.3 Å². The number of carboxylic acid groups (broad SMARTS) is 1. The Morgan fingerprint density at radius 2 is 1.65 bits per heavy atom. The average molecular weight is 664 g/mol. The van der Waals surface area contributed by atoms with Gasteiger partial charge in [-0.1, -0.05) is 0 Å². The molecule has 0 bridgehead atoms. The number of rotatable bonds is 7. The molecule has 0 saturated carbocycles. The number of anilines is 2. The van der Waals surface area contributed by atoms with E-state index in [-0.39, 0.29) is 40.6 Å². The van der Waals surface area contributed by atoms with Crippen molar-refractivity contribution >= 4 is 40.5 Å². The predicted octanol–water partition coefficient (Wildman–Crippen LogP) is 6.05. The molecule has 14 heteroatoms. The van der Waals surface area contributed by atoms with Crippen LogP contribution in [0.5, 0.6) is 0 Å². The Hall–Kier alpha value is -5.11. The van der Waals surface area contributed by atoms with Gasteiger partial charge < -0.3 is 29.9 Å². The molecular weight excluding hydrogens is 624 g/mol. The number of aromatic nitrogens is 3. The fraction of sp³-hybridized carbons (Fsp3) is 0.382. The van der Waals surface area contributed by atoms with Crippen LogP contribution < -0.4 is 10.2 Å². The minimum absolute atomic E-state index is 0.00865. The first-order chi connectivity index (χ1) is 22.6. The third-order valence-corrected chi connectivity index (χ3v) is 7.94. The number of ether oxygens (including phenoxy) is 1. The Kier molecular flexibility index (Phi) is 9.66. The summed E-state index contributed by atoms with van der Waals surface area (Å²) < 4.78 is 37.2. The summed E-state index contributed by atoms with van der Waals surface area (Å²) in [6.07, 6.45) is -0.930. The molecule has 0 aliphatic carbocycles. The minimum atomic E-state index is -1.44. The molecule has 2 amide bonds. The number of nitrogens with one attached hydrogen (secondary N) is 1. The number of piperazine rings is 1. The number of benzene rings is 2. The van der Waals surface area contributed by atoms with Gasteiger partial charge in [0.05, 0.1) is 17.5 Å². The van der Waals surface area contributed by atoms with Crippen molar-refractivity contribution < 1.29 is 33.0 Å². The zero-order valence-corrected chi connectivity index (χ0v) is 27.8. The summed E-state index contributed by atoms with van der Waals surface area (Å²) in [6.45, 7) is 12.2. The van der Waals surface area contributed by atoms with Crippen LogP contribution >= 0.6 is 0 Å². The van der Waals surface area contributed by atoms with E-state index in [9.17, 15) is 19.5 Å². The second-order valence-corrected chi connectivity index (χ2v) is 13.1. The number of carbonyl (C=O) groups is 3. The van der Waals surface area contributed by atoms with Crippen LogP contribution in [0.4, 0.5) is 29.9 Å². The van der Waals surface area contributed by atoms with Gasteiger partial charge in [0, 0.05) is 55.4 Å². The van der Waals surface area contributed by atoms with Crippen LogP contribution in [0.3, 0.4) is 0 Å². The summed E-state index contributed by atoms with van der Waals surface area (Å²) in [5.74, 6) is -2.55. The van der Waals surface area contributed by atoms with Gasteiger partial charge in [0.25, 0.3) is 5.91 Å². The van der Waals surface area contributed by atoms with Crippen molar-refractivity contribution in [2.24, 2.45) is 0 Å². The molecule has 1 saturated heterocycles. The van der Waals surface area contributed by atoms with E-state index in [1.54, 1.807) is 46.8 Å². The molecule has 0 unspecified atom stereocenters. The lowest BCUT2D eigenvalue weighted by atomic mass is 10.0. The third kappa shape index (κ3) is 7.54. The topological polar surface area (TPSA) is 133 Å². The van der Waals surface area contributed by atoms with Gasteiger partial charge in [0.1, 0.15) is 22.8 Å². The maximum Gasteiger partial charge on any atom is 0.432 e. The fourth-order valence-corrected chi connectivity index (χ4v) is 5.39. The number of carbonyl (C=O) groups excluding carboxylic acids is 2. The van der Waals surface area contributed by atoms with Crippen molar-refractivity contribution in [1.82, 2.24) is 24.6 Å². The molecular formula is C34H39F2N7O5. The van der Waals surface area contributed by atoms with Gasteiger partial charge >= 0.3 is 12.2 Å².